The molecule has 9 nitrogen and oxygen atoms in total. The molecule has 0 radical (unpaired) electrons. The first-order chi connectivity index (χ1) is 20.0. The Hall–Kier alpha value is -4.61. The number of nitrogens with zero attached hydrogens (tertiary/aromatic N) is 3. The van der Waals surface area contributed by atoms with E-state index in [1.807, 2.05) is 34.1 Å². The van der Waals surface area contributed by atoms with Gasteiger partial charge in [-0.05, 0) is 75.1 Å². The fraction of sp³-hybridized carbons (Fsp3) is 0.333. The van der Waals surface area contributed by atoms with Crippen LogP contribution in [-0.2, 0) is 16.0 Å². The van der Waals surface area contributed by atoms with Gasteiger partial charge in [0.15, 0.2) is 0 Å². The molecule has 12 heteroatoms. The summed E-state index contributed by atoms with van der Waals surface area (Å²) in [5, 5.41) is 6.04. The summed E-state index contributed by atoms with van der Waals surface area (Å²) in [4.78, 5) is 45.4. The molecule has 1 aromatic heterocycles. The number of anilines is 4. The number of amides is 2. The van der Waals surface area contributed by atoms with Crippen LogP contribution in [0.25, 0.3) is 0 Å². The lowest BCUT2D eigenvalue weighted by Gasteiger charge is -2.39. The van der Waals surface area contributed by atoms with Gasteiger partial charge in [-0.1, -0.05) is 18.2 Å². The van der Waals surface area contributed by atoms with Gasteiger partial charge in [0.05, 0.1) is 11.3 Å². The Morgan fingerprint density at radius 1 is 1.00 bits per heavy atom. The Kier molecular flexibility index (Phi) is 8.06. The number of benzene rings is 2. The third-order valence-corrected chi connectivity index (χ3v) is 7.41. The summed E-state index contributed by atoms with van der Waals surface area (Å²) < 4.78 is 42.8. The Bertz CT molecular complexity index is 1500. The average molecular weight is 582 g/mol. The van der Waals surface area contributed by atoms with Gasteiger partial charge in [0.1, 0.15) is 0 Å². The molecular weight excluding hydrogens is 551 g/mol. The predicted molar refractivity (Wildman–Crippen MR) is 151 cm³/mol. The molecular formula is C30H30F3N5O4. The average Bonchev–Trinajstić information content (AvgIpc) is 3.10. The molecule has 1 fully saturated rings. The topological polar surface area (TPSA) is 104 Å². The van der Waals surface area contributed by atoms with Gasteiger partial charge in [-0.25, -0.2) is 14.4 Å². The number of carbonyl (C=O) groups excluding carboxylic acids is 3. The van der Waals surface area contributed by atoms with Gasteiger partial charge in [-0.3, -0.25) is 4.98 Å². The number of pyridine rings is 1. The van der Waals surface area contributed by atoms with Gasteiger partial charge in [0.25, 0.3) is 0 Å². The minimum absolute atomic E-state index is 0.00325. The quantitative estimate of drug-likeness (QED) is 0.292. The number of para-hydroxylation sites is 1. The molecule has 2 aliphatic heterocycles. The monoisotopic (exact) mass is 581 g/mol. The van der Waals surface area contributed by atoms with E-state index < -0.39 is 18.1 Å². The molecule has 2 aliphatic rings. The van der Waals surface area contributed by atoms with Crippen molar-refractivity contribution in [3.8, 4) is 0 Å². The van der Waals surface area contributed by atoms with E-state index in [0.29, 0.717) is 55.2 Å². The molecule has 0 atom stereocenters. The molecule has 3 heterocycles. The smallest absolute Gasteiger partial charge is 0.383 e. The molecule has 220 valence electrons. The first kappa shape index (κ1) is 28.9. The summed E-state index contributed by atoms with van der Waals surface area (Å²) in [5.41, 5.74) is 4.42. The van der Waals surface area contributed by atoms with E-state index in [2.05, 4.69) is 20.4 Å². The number of aromatic nitrogens is 1. The van der Waals surface area contributed by atoms with E-state index in [1.165, 1.54) is 6.07 Å². The first-order valence-corrected chi connectivity index (χ1v) is 13.6. The van der Waals surface area contributed by atoms with Crippen LogP contribution in [0.1, 0.15) is 40.2 Å². The molecule has 0 saturated carbocycles. The highest BCUT2D eigenvalue weighted by Crippen LogP contribution is 2.31. The molecule has 42 heavy (non-hydrogen) atoms. The number of hydrogen-bond donors (Lipinski definition) is 2. The lowest BCUT2D eigenvalue weighted by Crippen LogP contribution is -2.49. The van der Waals surface area contributed by atoms with E-state index in [0.717, 1.165) is 17.7 Å². The molecule has 1 saturated heterocycles. The number of fused-ring (bicyclic) bond motifs is 1. The van der Waals surface area contributed by atoms with Gasteiger partial charge in [-0.2, -0.15) is 13.2 Å². The van der Waals surface area contributed by atoms with Gasteiger partial charge in [-0.15, -0.1) is 0 Å². The van der Waals surface area contributed by atoms with Crippen LogP contribution in [0.5, 0.6) is 0 Å². The zero-order valence-electron chi connectivity index (χ0n) is 23.1. The van der Waals surface area contributed by atoms with Crippen molar-refractivity contribution in [3.05, 3.63) is 77.1 Å². The van der Waals surface area contributed by atoms with E-state index in [1.54, 1.807) is 38.1 Å². The second-order valence-corrected chi connectivity index (χ2v) is 10.4. The van der Waals surface area contributed by atoms with Crippen LogP contribution >= 0.6 is 0 Å². The van der Waals surface area contributed by atoms with Gasteiger partial charge in [0, 0.05) is 54.1 Å². The number of rotatable bonds is 5. The summed E-state index contributed by atoms with van der Waals surface area (Å²) in [7, 11) is 0. The van der Waals surface area contributed by atoms with Crippen LogP contribution in [0.15, 0.2) is 54.6 Å². The highest BCUT2D eigenvalue weighted by molar-refractivity contribution is 6.03. The van der Waals surface area contributed by atoms with E-state index >= 15 is 0 Å². The number of aryl methyl sites for hydroxylation is 2. The fourth-order valence-corrected chi connectivity index (χ4v) is 5.44. The molecule has 0 aliphatic carbocycles. The predicted octanol–water partition coefficient (Wildman–Crippen LogP) is 5.75. The standard InChI is InChI=1S/C30H30F3N5O4/c1-18-15-21(16-19(2)34-18)35-26-8-7-23(17-24(26)27(39)42-28(40)30(31,32)33)37-12-10-22(11-13-37)38-14-9-20-5-3-4-6-25(20)36-29(38)41/h3-8,15-17,22H,9-14H2,1-2H3,(H,34,35)(H,36,41). The number of carbonyl (C=O) groups is 3. The summed E-state index contributed by atoms with van der Waals surface area (Å²) in [5.74, 6) is -4.00. The number of nitrogens with one attached hydrogen (secondary N) is 2. The van der Waals surface area contributed by atoms with E-state index in [9.17, 15) is 27.6 Å². The molecule has 0 unspecified atom stereocenters. The molecule has 2 amide bonds. The summed E-state index contributed by atoms with van der Waals surface area (Å²) >= 11 is 0. The molecule has 2 N–H and O–H groups in total. The third kappa shape index (κ3) is 6.48. The number of piperidine rings is 1. The van der Waals surface area contributed by atoms with Crippen LogP contribution in [0.2, 0.25) is 0 Å². The maximum Gasteiger partial charge on any atom is 0.491 e. The Balaban J connectivity index is 1.33. The Morgan fingerprint density at radius 2 is 1.69 bits per heavy atom. The van der Waals surface area contributed by atoms with E-state index in [-0.39, 0.29) is 23.3 Å². The van der Waals surface area contributed by atoms with E-state index in [4.69, 9.17) is 0 Å². The zero-order chi connectivity index (χ0) is 30.0. The van der Waals surface area contributed by atoms with Crippen molar-refractivity contribution in [3.63, 3.8) is 0 Å². The molecule has 3 aromatic rings. The Labute approximate surface area is 240 Å². The van der Waals surface area contributed by atoms with Crippen molar-refractivity contribution in [2.24, 2.45) is 0 Å². The number of urea groups is 1. The number of alkyl halides is 3. The minimum atomic E-state index is -5.32. The summed E-state index contributed by atoms with van der Waals surface area (Å²) in [6.45, 7) is 5.26. The van der Waals surface area contributed by atoms with Crippen LogP contribution in [0.3, 0.4) is 0 Å². The molecule has 5 rings (SSSR count). The van der Waals surface area contributed by atoms with Crippen molar-refractivity contribution >= 4 is 40.7 Å². The highest BCUT2D eigenvalue weighted by Gasteiger charge is 2.43. The van der Waals surface area contributed by atoms with Crippen LogP contribution in [0, 0.1) is 13.8 Å². The van der Waals surface area contributed by atoms with Crippen molar-refractivity contribution in [1.29, 1.82) is 0 Å². The normalized spacial score (nSPS) is 15.9. The van der Waals surface area contributed by atoms with Crippen molar-refractivity contribution in [2.75, 3.05) is 35.2 Å². The van der Waals surface area contributed by atoms with Crippen molar-refractivity contribution < 1.29 is 32.3 Å². The SMILES string of the molecule is Cc1cc(Nc2ccc(N3CCC(N4CCc5ccccc5NC4=O)CC3)cc2C(=O)OC(=O)C(F)(F)F)cc(C)n1. The Morgan fingerprint density at radius 3 is 2.38 bits per heavy atom. The number of esters is 2. The summed E-state index contributed by atoms with van der Waals surface area (Å²) in [6, 6.07) is 15.8. The maximum atomic E-state index is 13.0. The minimum Gasteiger partial charge on any atom is -0.383 e. The maximum absolute atomic E-state index is 13.0. The summed E-state index contributed by atoms with van der Waals surface area (Å²) in [6.07, 6.45) is -3.26. The van der Waals surface area contributed by atoms with Crippen LogP contribution in [0.4, 0.5) is 40.7 Å². The largest absolute Gasteiger partial charge is 0.491 e. The fourth-order valence-electron chi connectivity index (χ4n) is 5.44. The van der Waals surface area contributed by atoms with Crippen molar-refractivity contribution in [2.45, 2.75) is 45.3 Å². The van der Waals surface area contributed by atoms with Crippen LogP contribution < -0.4 is 15.5 Å². The zero-order valence-corrected chi connectivity index (χ0v) is 23.1. The third-order valence-electron chi connectivity index (χ3n) is 7.41. The second kappa shape index (κ2) is 11.7. The lowest BCUT2D eigenvalue weighted by molar-refractivity contribution is -0.193. The van der Waals surface area contributed by atoms with Crippen molar-refractivity contribution in [1.82, 2.24) is 9.88 Å². The second-order valence-electron chi connectivity index (χ2n) is 10.4. The highest BCUT2D eigenvalue weighted by atomic mass is 19.4. The van der Waals surface area contributed by atoms with Gasteiger partial charge < -0.3 is 25.2 Å². The van der Waals surface area contributed by atoms with Gasteiger partial charge in [0.2, 0.25) is 0 Å². The molecule has 0 bridgehead atoms. The van der Waals surface area contributed by atoms with Gasteiger partial charge >= 0.3 is 24.1 Å². The number of halogens is 3. The molecule has 0 spiro atoms. The number of ether oxygens (including phenoxy) is 1. The number of hydrogen-bond acceptors (Lipinski definition) is 7. The molecule has 2 aromatic carbocycles. The lowest BCUT2D eigenvalue weighted by atomic mass is 10.0. The van der Waals surface area contributed by atoms with Crippen LogP contribution in [-0.4, -0.2) is 59.7 Å². The first-order valence-electron chi connectivity index (χ1n) is 13.6.